The van der Waals surface area contributed by atoms with E-state index < -0.39 is 0 Å². The third-order valence-electron chi connectivity index (χ3n) is 3.15. The Hall–Kier alpha value is -2.08. The molecule has 2 N–H and O–H groups in total. The number of likely N-dealkylation sites (N-methyl/N-ethyl adjacent to an activating group) is 1. The van der Waals surface area contributed by atoms with Crippen LogP contribution >= 0.6 is 0 Å². The minimum Gasteiger partial charge on any atom is -0.461 e. The summed E-state index contributed by atoms with van der Waals surface area (Å²) in [5.41, 5.74) is 1.94. The third kappa shape index (κ3) is 7.46. The molecule has 0 aromatic heterocycles. The average molecular weight is 335 g/mol. The Labute approximate surface area is 144 Å². The van der Waals surface area contributed by atoms with Gasteiger partial charge in [-0.05, 0) is 47.0 Å². The number of carbonyl (C=O) groups is 2. The predicted molar refractivity (Wildman–Crippen MR) is 96.2 cm³/mol. The summed E-state index contributed by atoms with van der Waals surface area (Å²) in [5, 5.41) is 6.25. The molecule has 6 heteroatoms. The topological polar surface area (TPSA) is 70.7 Å². The molecule has 0 radical (unpaired) electrons. The van der Waals surface area contributed by atoms with E-state index in [0.29, 0.717) is 17.7 Å². The van der Waals surface area contributed by atoms with Crippen molar-refractivity contribution in [3.8, 4) is 0 Å². The molecule has 24 heavy (non-hydrogen) atoms. The molecule has 0 aliphatic heterocycles. The molecule has 0 fully saturated rings. The van der Waals surface area contributed by atoms with Gasteiger partial charge in [0.15, 0.2) is 0 Å². The summed E-state index contributed by atoms with van der Waals surface area (Å²) in [6.45, 7) is 8.90. The number of ether oxygens (including phenoxy) is 1. The van der Waals surface area contributed by atoms with Crippen LogP contribution in [-0.4, -0.2) is 49.5 Å². The lowest BCUT2D eigenvalue weighted by Gasteiger charge is -2.23. The first-order valence-electron chi connectivity index (χ1n) is 8.06. The van der Waals surface area contributed by atoms with Crippen LogP contribution in [0.1, 0.15) is 43.6 Å². The molecule has 0 saturated heterocycles. The zero-order valence-corrected chi connectivity index (χ0v) is 15.5. The Kier molecular flexibility index (Phi) is 7.22. The Bertz CT molecular complexity index is 577. The van der Waals surface area contributed by atoms with Crippen molar-refractivity contribution < 1.29 is 14.3 Å². The maximum absolute atomic E-state index is 12.5. The van der Waals surface area contributed by atoms with E-state index in [2.05, 4.69) is 31.4 Å². The first-order chi connectivity index (χ1) is 11.1. The molecule has 0 spiro atoms. The van der Waals surface area contributed by atoms with Gasteiger partial charge in [0.25, 0.3) is 5.91 Å². The van der Waals surface area contributed by atoms with Crippen molar-refractivity contribution in [3.05, 3.63) is 29.3 Å². The van der Waals surface area contributed by atoms with Gasteiger partial charge in [-0.1, -0.05) is 6.07 Å². The van der Waals surface area contributed by atoms with Crippen LogP contribution in [0.2, 0.25) is 0 Å². The van der Waals surface area contributed by atoms with Crippen LogP contribution in [0.3, 0.4) is 0 Å². The molecule has 134 valence electrons. The van der Waals surface area contributed by atoms with Gasteiger partial charge in [-0.3, -0.25) is 9.59 Å². The number of amides is 1. The number of carbonyl (C=O) groups excluding carboxylic acids is 2. The van der Waals surface area contributed by atoms with Crippen molar-refractivity contribution in [3.63, 3.8) is 0 Å². The third-order valence-corrected chi connectivity index (χ3v) is 3.15. The fourth-order valence-electron chi connectivity index (χ4n) is 2.09. The average Bonchev–Trinajstić information content (AvgIpc) is 2.43. The summed E-state index contributed by atoms with van der Waals surface area (Å²) < 4.78 is 5.05. The number of hydrogen-bond acceptors (Lipinski definition) is 5. The predicted octanol–water partition coefficient (Wildman–Crippen LogP) is 2.25. The fraction of sp³-hybridized carbons (Fsp3) is 0.556. The van der Waals surface area contributed by atoms with E-state index in [1.807, 2.05) is 31.1 Å². The van der Waals surface area contributed by atoms with Gasteiger partial charge in [0.2, 0.25) is 0 Å². The molecule has 1 rings (SSSR count). The summed E-state index contributed by atoms with van der Waals surface area (Å²) in [6.07, 6.45) is 0. The van der Waals surface area contributed by atoms with Crippen molar-refractivity contribution >= 4 is 17.6 Å². The second-order valence-corrected chi connectivity index (χ2v) is 7.09. The maximum Gasteiger partial charge on any atom is 0.302 e. The molecular weight excluding hydrogens is 306 g/mol. The standard InChI is InChI=1S/C18H29N3O3/c1-13(22)24-12-14-7-8-15(20-18(2,3)4)11-16(14)17(23)19-9-10-21(5)6/h7-8,11,20H,9-10,12H2,1-6H3,(H,19,23). The van der Waals surface area contributed by atoms with E-state index >= 15 is 0 Å². The molecular formula is C18H29N3O3. The van der Waals surface area contributed by atoms with E-state index in [4.69, 9.17) is 4.74 Å². The first-order valence-corrected chi connectivity index (χ1v) is 8.06. The summed E-state index contributed by atoms with van der Waals surface area (Å²) >= 11 is 0. The molecule has 0 aliphatic rings. The van der Waals surface area contributed by atoms with Gasteiger partial charge in [0.05, 0.1) is 0 Å². The first kappa shape index (κ1) is 20.0. The van der Waals surface area contributed by atoms with Crippen molar-refractivity contribution in [2.75, 3.05) is 32.5 Å². The zero-order valence-electron chi connectivity index (χ0n) is 15.5. The highest BCUT2D eigenvalue weighted by atomic mass is 16.5. The number of hydrogen-bond donors (Lipinski definition) is 2. The Morgan fingerprint density at radius 3 is 2.42 bits per heavy atom. The van der Waals surface area contributed by atoms with Crippen LogP contribution in [0.25, 0.3) is 0 Å². The van der Waals surface area contributed by atoms with Crippen molar-refractivity contribution in [2.24, 2.45) is 0 Å². The minimum absolute atomic E-state index is 0.0849. The quantitative estimate of drug-likeness (QED) is 0.748. The molecule has 0 atom stereocenters. The van der Waals surface area contributed by atoms with Gasteiger partial charge in [-0.2, -0.15) is 0 Å². The maximum atomic E-state index is 12.5. The van der Waals surface area contributed by atoms with Gasteiger partial charge >= 0.3 is 5.97 Å². The van der Waals surface area contributed by atoms with Crippen molar-refractivity contribution in [1.29, 1.82) is 0 Å². The van der Waals surface area contributed by atoms with Crippen LogP contribution in [0.5, 0.6) is 0 Å². The van der Waals surface area contributed by atoms with Gasteiger partial charge < -0.3 is 20.3 Å². The normalized spacial score (nSPS) is 11.3. The summed E-state index contributed by atoms with van der Waals surface area (Å²) in [6, 6.07) is 5.51. The minimum atomic E-state index is -0.370. The van der Waals surface area contributed by atoms with Crippen LogP contribution in [0.4, 0.5) is 5.69 Å². The molecule has 0 aliphatic carbocycles. The van der Waals surface area contributed by atoms with E-state index in [9.17, 15) is 9.59 Å². The highest BCUT2D eigenvalue weighted by Crippen LogP contribution is 2.20. The number of benzene rings is 1. The highest BCUT2D eigenvalue weighted by Gasteiger charge is 2.16. The number of anilines is 1. The number of nitrogens with zero attached hydrogens (tertiary/aromatic N) is 1. The zero-order chi connectivity index (χ0) is 18.3. The molecule has 1 aromatic carbocycles. The van der Waals surface area contributed by atoms with E-state index in [-0.39, 0.29) is 24.0 Å². The van der Waals surface area contributed by atoms with Crippen LogP contribution in [-0.2, 0) is 16.1 Å². The largest absolute Gasteiger partial charge is 0.461 e. The van der Waals surface area contributed by atoms with Gasteiger partial charge in [0, 0.05) is 42.4 Å². The highest BCUT2D eigenvalue weighted by molar-refractivity contribution is 5.96. The lowest BCUT2D eigenvalue weighted by Crippen LogP contribution is -2.32. The SMILES string of the molecule is CC(=O)OCc1ccc(NC(C)(C)C)cc1C(=O)NCCN(C)C. The summed E-state index contributed by atoms with van der Waals surface area (Å²) in [5.74, 6) is -0.539. The molecule has 6 nitrogen and oxygen atoms in total. The van der Waals surface area contributed by atoms with Crippen molar-refractivity contribution in [2.45, 2.75) is 39.8 Å². The second-order valence-electron chi connectivity index (χ2n) is 7.09. The summed E-state index contributed by atoms with van der Waals surface area (Å²) in [4.78, 5) is 25.6. The molecule has 0 unspecified atom stereocenters. The molecule has 0 saturated carbocycles. The Morgan fingerprint density at radius 1 is 1.21 bits per heavy atom. The Morgan fingerprint density at radius 2 is 1.88 bits per heavy atom. The molecule has 0 heterocycles. The molecule has 0 bridgehead atoms. The Balaban J connectivity index is 2.97. The van der Waals surface area contributed by atoms with Crippen LogP contribution in [0, 0.1) is 0 Å². The van der Waals surface area contributed by atoms with E-state index in [1.54, 1.807) is 6.07 Å². The monoisotopic (exact) mass is 335 g/mol. The van der Waals surface area contributed by atoms with E-state index in [1.165, 1.54) is 6.92 Å². The van der Waals surface area contributed by atoms with E-state index in [0.717, 1.165) is 12.2 Å². The molecule has 1 aromatic rings. The lowest BCUT2D eigenvalue weighted by atomic mass is 10.0. The van der Waals surface area contributed by atoms with Crippen LogP contribution < -0.4 is 10.6 Å². The number of esters is 1. The van der Waals surface area contributed by atoms with Gasteiger partial charge in [0.1, 0.15) is 6.61 Å². The van der Waals surface area contributed by atoms with Crippen molar-refractivity contribution in [1.82, 2.24) is 10.2 Å². The molecule has 1 amide bonds. The lowest BCUT2D eigenvalue weighted by molar-refractivity contribution is -0.142. The fourth-order valence-corrected chi connectivity index (χ4v) is 2.09. The van der Waals surface area contributed by atoms with Gasteiger partial charge in [-0.25, -0.2) is 0 Å². The van der Waals surface area contributed by atoms with Crippen LogP contribution in [0.15, 0.2) is 18.2 Å². The number of rotatable bonds is 7. The second kappa shape index (κ2) is 8.68. The number of nitrogens with one attached hydrogen (secondary N) is 2. The van der Waals surface area contributed by atoms with Gasteiger partial charge in [-0.15, -0.1) is 0 Å². The smallest absolute Gasteiger partial charge is 0.302 e. The summed E-state index contributed by atoms with van der Waals surface area (Å²) in [7, 11) is 3.90.